The van der Waals surface area contributed by atoms with Gasteiger partial charge in [-0.2, -0.15) is 9.97 Å². The summed E-state index contributed by atoms with van der Waals surface area (Å²) in [6, 6.07) is 59.1. The van der Waals surface area contributed by atoms with Crippen LogP contribution in [0.2, 0.25) is 0 Å². The van der Waals surface area contributed by atoms with Crippen LogP contribution < -0.4 is 5.57 Å². The average molecular weight is 701 g/mol. The Morgan fingerprint density at radius 1 is 0.358 bits per heavy atom. The van der Waals surface area contributed by atoms with Gasteiger partial charge in [-0.1, -0.05) is 140 Å². The number of hydrogen-bond acceptors (Lipinski definition) is 4. The maximum Gasteiger partial charge on any atom is 0.338 e. The second kappa shape index (κ2) is 11.3. The van der Waals surface area contributed by atoms with E-state index < -0.39 is 7.44 Å². The molecule has 0 aliphatic heterocycles. The maximum atomic E-state index is 17.4. The summed E-state index contributed by atoms with van der Waals surface area (Å²) in [5.41, 5.74) is 6.22. The highest BCUT2D eigenvalue weighted by atomic mass is 31.2. The summed E-state index contributed by atoms with van der Waals surface area (Å²) in [6.45, 7) is 0. The van der Waals surface area contributed by atoms with Crippen LogP contribution in [0.15, 0.2) is 176 Å². The molecule has 250 valence electrons. The lowest BCUT2D eigenvalue weighted by atomic mass is 10.2. The molecule has 11 rings (SSSR count). The van der Waals surface area contributed by atoms with Crippen molar-refractivity contribution in [3.63, 3.8) is 0 Å². The molecule has 7 aromatic carbocycles. The van der Waals surface area contributed by atoms with Crippen LogP contribution in [0, 0.1) is 0 Å². The van der Waals surface area contributed by atoms with Gasteiger partial charge in [-0.25, -0.2) is 4.98 Å². The van der Waals surface area contributed by atoms with Gasteiger partial charge in [-0.05, 0) is 36.4 Å². The highest BCUT2D eigenvalue weighted by Crippen LogP contribution is 2.56. The molecule has 0 unspecified atom stereocenters. The predicted octanol–water partition coefficient (Wildman–Crippen LogP) is 10.8. The van der Waals surface area contributed by atoms with E-state index in [1.165, 1.54) is 0 Å². The van der Waals surface area contributed by atoms with Gasteiger partial charge < -0.3 is 0 Å². The smallest absolute Gasteiger partial charge is 0.278 e. The van der Waals surface area contributed by atoms with Gasteiger partial charge in [-0.15, -0.1) is 0 Å². The Labute approximate surface area is 303 Å². The molecular formula is C45H29N6OP. The predicted molar refractivity (Wildman–Crippen MR) is 217 cm³/mol. The molecule has 7 nitrogen and oxygen atoms in total. The van der Waals surface area contributed by atoms with Gasteiger partial charge >= 0.3 is 7.44 Å². The standard InChI is InChI=1S/C45H29N6OP/c52-53(50-39-26-12-6-20-33(39)34-21-7-13-27-40(34)50,51-41-28-14-8-22-35(41)36-23-9-15-29-42(36)51)45-47-43(30-16-2-1-3-17-30)46-44(48-45)49-37-24-10-4-18-31(37)32-19-5-11-25-38(32)49/h1-29H. The molecule has 0 radical (unpaired) electrons. The third-order valence-corrected chi connectivity index (χ3v) is 13.0. The topological polar surface area (TPSA) is 70.5 Å². The van der Waals surface area contributed by atoms with Crippen molar-refractivity contribution >= 4 is 78.4 Å². The Morgan fingerprint density at radius 3 is 1.11 bits per heavy atom. The summed E-state index contributed by atoms with van der Waals surface area (Å²) in [5.74, 6) is 0.835. The fourth-order valence-corrected chi connectivity index (χ4v) is 10.9. The molecule has 8 heteroatoms. The monoisotopic (exact) mass is 700 g/mol. The van der Waals surface area contributed by atoms with E-state index in [4.69, 9.17) is 15.0 Å². The number of nitrogens with zero attached hydrogens (tertiary/aromatic N) is 6. The fraction of sp³-hybridized carbons (Fsp3) is 0. The molecule has 0 saturated heterocycles. The SMILES string of the molecule is O=P(c1nc(-c2ccccc2)nc(-n2c3ccccc3c3ccccc32)n1)(n1c2ccccc2c2ccccc21)n1c2ccccc2c2ccccc21. The highest BCUT2D eigenvalue weighted by Gasteiger charge is 2.40. The summed E-state index contributed by atoms with van der Waals surface area (Å²) in [6.07, 6.45) is 0. The Hall–Kier alpha value is -6.82. The maximum absolute atomic E-state index is 17.4. The van der Waals surface area contributed by atoms with Crippen molar-refractivity contribution in [3.05, 3.63) is 176 Å². The molecule has 0 bridgehead atoms. The minimum absolute atomic E-state index is 0.182. The van der Waals surface area contributed by atoms with E-state index in [0.717, 1.165) is 71.0 Å². The van der Waals surface area contributed by atoms with E-state index in [0.29, 0.717) is 11.8 Å². The van der Waals surface area contributed by atoms with Gasteiger partial charge in [0.05, 0.1) is 33.1 Å². The number of rotatable bonds is 5. The molecule has 0 N–H and O–H groups in total. The van der Waals surface area contributed by atoms with Gasteiger partial charge in [0.1, 0.15) is 0 Å². The molecule has 0 saturated carbocycles. The van der Waals surface area contributed by atoms with E-state index in [1.54, 1.807) is 0 Å². The molecule has 53 heavy (non-hydrogen) atoms. The van der Waals surface area contributed by atoms with Gasteiger partial charge in [-0.3, -0.25) is 17.8 Å². The number of para-hydroxylation sites is 6. The van der Waals surface area contributed by atoms with E-state index in [-0.39, 0.29) is 5.57 Å². The van der Waals surface area contributed by atoms with Gasteiger partial charge in [0.15, 0.2) is 5.82 Å². The minimum atomic E-state index is -4.10. The molecule has 0 aliphatic carbocycles. The number of hydrogen-bond donors (Lipinski definition) is 0. The second-order valence-corrected chi connectivity index (χ2v) is 15.5. The van der Waals surface area contributed by atoms with Crippen molar-refractivity contribution in [2.75, 3.05) is 0 Å². The Kier molecular flexibility index (Phi) is 6.39. The van der Waals surface area contributed by atoms with E-state index in [9.17, 15) is 0 Å². The molecule has 0 atom stereocenters. The summed E-state index contributed by atoms with van der Waals surface area (Å²) < 4.78 is 23.5. The van der Waals surface area contributed by atoms with Crippen LogP contribution in [0.4, 0.5) is 0 Å². The third-order valence-electron chi connectivity index (χ3n) is 10.3. The zero-order valence-corrected chi connectivity index (χ0v) is 29.2. The van der Waals surface area contributed by atoms with Crippen molar-refractivity contribution < 1.29 is 4.57 Å². The van der Waals surface area contributed by atoms with Gasteiger partial charge in [0, 0.05) is 37.9 Å². The molecule has 0 fully saturated rings. The average Bonchev–Trinajstić information content (AvgIpc) is 3.87. The lowest BCUT2D eigenvalue weighted by Gasteiger charge is -2.25. The lowest BCUT2D eigenvalue weighted by Crippen LogP contribution is -2.26. The number of fused-ring (bicyclic) bond motifs is 9. The first-order chi connectivity index (χ1) is 26.2. The molecule has 11 aromatic rings. The largest absolute Gasteiger partial charge is 0.338 e. The zero-order chi connectivity index (χ0) is 35.1. The fourth-order valence-electron chi connectivity index (χ4n) is 8.09. The first-order valence-electron chi connectivity index (χ1n) is 17.6. The van der Waals surface area contributed by atoms with E-state index in [2.05, 4.69) is 53.1 Å². The van der Waals surface area contributed by atoms with Crippen LogP contribution in [0.5, 0.6) is 0 Å². The molecule has 0 spiro atoms. The van der Waals surface area contributed by atoms with Crippen molar-refractivity contribution in [1.82, 2.24) is 28.2 Å². The minimum Gasteiger partial charge on any atom is -0.278 e. The normalized spacial score (nSPS) is 12.2. The first-order valence-corrected chi connectivity index (χ1v) is 19.2. The Balaban J connectivity index is 1.36. The molecule has 4 heterocycles. The van der Waals surface area contributed by atoms with Crippen LogP contribution in [0.3, 0.4) is 0 Å². The Bertz CT molecular complexity index is 3010. The molecular weight excluding hydrogens is 672 g/mol. The van der Waals surface area contributed by atoms with Gasteiger partial charge in [0.25, 0.3) is 0 Å². The number of benzene rings is 7. The molecule has 0 amide bonds. The van der Waals surface area contributed by atoms with Crippen LogP contribution in [0.1, 0.15) is 0 Å². The first kappa shape index (κ1) is 29.9. The van der Waals surface area contributed by atoms with Crippen molar-refractivity contribution in [2.24, 2.45) is 0 Å². The van der Waals surface area contributed by atoms with Gasteiger partial charge in [0.2, 0.25) is 11.5 Å². The van der Waals surface area contributed by atoms with E-state index in [1.807, 2.05) is 136 Å². The van der Waals surface area contributed by atoms with Crippen LogP contribution >= 0.6 is 7.44 Å². The van der Waals surface area contributed by atoms with E-state index >= 15 is 4.57 Å². The quantitative estimate of drug-likeness (QED) is 0.168. The third kappa shape index (κ3) is 4.23. The zero-order valence-electron chi connectivity index (χ0n) is 28.3. The number of aromatic nitrogens is 6. The second-order valence-electron chi connectivity index (χ2n) is 13.2. The summed E-state index contributed by atoms with van der Waals surface area (Å²) >= 11 is 0. The van der Waals surface area contributed by atoms with Crippen LogP contribution in [0.25, 0.3) is 82.8 Å². The van der Waals surface area contributed by atoms with Crippen molar-refractivity contribution in [3.8, 4) is 17.3 Å². The van der Waals surface area contributed by atoms with Crippen molar-refractivity contribution in [2.45, 2.75) is 0 Å². The van der Waals surface area contributed by atoms with Crippen LogP contribution in [-0.4, -0.2) is 28.2 Å². The van der Waals surface area contributed by atoms with Crippen LogP contribution in [-0.2, 0) is 4.57 Å². The highest BCUT2D eigenvalue weighted by molar-refractivity contribution is 7.69. The summed E-state index contributed by atoms with van der Waals surface area (Å²) in [5, 5.41) is 6.18. The molecule has 4 aromatic heterocycles. The summed E-state index contributed by atoms with van der Waals surface area (Å²) in [7, 11) is -4.10. The molecule has 0 aliphatic rings. The Morgan fingerprint density at radius 2 is 0.698 bits per heavy atom. The summed E-state index contributed by atoms with van der Waals surface area (Å²) in [4.78, 5) is 15.8. The van der Waals surface area contributed by atoms with Crippen molar-refractivity contribution in [1.29, 1.82) is 0 Å². The lowest BCUT2D eigenvalue weighted by molar-refractivity contribution is 0.571.